The van der Waals surface area contributed by atoms with E-state index in [9.17, 15) is 0 Å². The minimum absolute atomic E-state index is 0.318. The van der Waals surface area contributed by atoms with Crippen LogP contribution in [0.1, 0.15) is 20.8 Å². The lowest BCUT2D eigenvalue weighted by Crippen LogP contribution is -2.41. The predicted molar refractivity (Wildman–Crippen MR) is 65.9 cm³/mol. The zero-order chi connectivity index (χ0) is 11.6. The molecule has 2 N–H and O–H groups in total. The maximum absolute atomic E-state index is 6.11. The van der Waals surface area contributed by atoms with Crippen LogP contribution in [0.3, 0.4) is 0 Å². The number of likely N-dealkylation sites (tertiary alicyclic amines) is 1. The second-order valence-electron chi connectivity index (χ2n) is 5.63. The van der Waals surface area contributed by atoms with E-state index in [-0.39, 0.29) is 0 Å². The number of hydrogen-bond donors (Lipinski definition) is 1. The van der Waals surface area contributed by atoms with Crippen LogP contribution in [-0.2, 0) is 0 Å². The van der Waals surface area contributed by atoms with E-state index < -0.39 is 0 Å². The van der Waals surface area contributed by atoms with Gasteiger partial charge in [0.2, 0.25) is 0 Å². The molecular formula is C12H27N3. The Morgan fingerprint density at radius 2 is 1.93 bits per heavy atom. The van der Waals surface area contributed by atoms with Gasteiger partial charge in [-0.25, -0.2) is 0 Å². The third kappa shape index (κ3) is 3.44. The van der Waals surface area contributed by atoms with Crippen LogP contribution >= 0.6 is 0 Å². The van der Waals surface area contributed by atoms with Crippen molar-refractivity contribution in [3.63, 3.8) is 0 Å². The fraction of sp³-hybridized carbons (Fsp3) is 1.00. The van der Waals surface area contributed by atoms with Crippen LogP contribution in [0, 0.1) is 11.8 Å². The maximum Gasteiger partial charge on any atom is 0.0254 e. The van der Waals surface area contributed by atoms with Gasteiger partial charge < -0.3 is 10.6 Å². The average molecular weight is 213 g/mol. The molecule has 1 heterocycles. The van der Waals surface area contributed by atoms with Crippen LogP contribution in [0.25, 0.3) is 0 Å². The number of hydrogen-bond acceptors (Lipinski definition) is 3. The quantitative estimate of drug-likeness (QED) is 0.751. The zero-order valence-corrected chi connectivity index (χ0v) is 10.9. The molecule has 0 aromatic rings. The third-order valence-corrected chi connectivity index (χ3v) is 3.64. The van der Waals surface area contributed by atoms with E-state index in [1.807, 2.05) is 0 Å². The van der Waals surface area contributed by atoms with Gasteiger partial charge in [0.15, 0.2) is 0 Å². The summed E-state index contributed by atoms with van der Waals surface area (Å²) in [6.07, 6.45) is 0. The highest BCUT2D eigenvalue weighted by molar-refractivity contribution is 4.88. The van der Waals surface area contributed by atoms with Gasteiger partial charge in [-0.3, -0.25) is 4.90 Å². The molecule has 1 rings (SSSR count). The second-order valence-corrected chi connectivity index (χ2v) is 5.63. The van der Waals surface area contributed by atoms with E-state index in [4.69, 9.17) is 5.73 Å². The molecule has 0 aromatic heterocycles. The SMILES string of the molecule is CC(C)C(N)CN1CC(C)C(N(C)C)C1. The molecule has 3 heteroatoms. The molecule has 15 heavy (non-hydrogen) atoms. The van der Waals surface area contributed by atoms with Crippen LogP contribution in [0.5, 0.6) is 0 Å². The largest absolute Gasteiger partial charge is 0.326 e. The second kappa shape index (κ2) is 5.28. The van der Waals surface area contributed by atoms with Crippen LogP contribution in [0.2, 0.25) is 0 Å². The highest BCUT2D eigenvalue weighted by Gasteiger charge is 2.31. The van der Waals surface area contributed by atoms with Crippen molar-refractivity contribution in [2.24, 2.45) is 17.6 Å². The summed E-state index contributed by atoms with van der Waals surface area (Å²) in [4.78, 5) is 4.85. The highest BCUT2D eigenvalue weighted by Crippen LogP contribution is 2.20. The van der Waals surface area contributed by atoms with Crippen molar-refractivity contribution >= 4 is 0 Å². The van der Waals surface area contributed by atoms with Gasteiger partial charge in [-0.15, -0.1) is 0 Å². The third-order valence-electron chi connectivity index (χ3n) is 3.64. The van der Waals surface area contributed by atoms with Crippen molar-refractivity contribution in [3.05, 3.63) is 0 Å². The van der Waals surface area contributed by atoms with Gasteiger partial charge in [-0.2, -0.15) is 0 Å². The lowest BCUT2D eigenvalue weighted by Gasteiger charge is -2.24. The van der Waals surface area contributed by atoms with E-state index in [0.717, 1.165) is 12.5 Å². The molecule has 0 aliphatic carbocycles. The predicted octanol–water partition coefficient (Wildman–Crippen LogP) is 0.852. The van der Waals surface area contributed by atoms with E-state index in [0.29, 0.717) is 18.0 Å². The molecule has 0 spiro atoms. The van der Waals surface area contributed by atoms with Gasteiger partial charge in [-0.1, -0.05) is 20.8 Å². The smallest absolute Gasteiger partial charge is 0.0254 e. The van der Waals surface area contributed by atoms with Crippen molar-refractivity contribution in [3.8, 4) is 0 Å². The molecule has 1 fully saturated rings. The summed E-state index contributed by atoms with van der Waals surface area (Å²) in [5.41, 5.74) is 6.11. The first-order valence-corrected chi connectivity index (χ1v) is 6.06. The Hall–Kier alpha value is -0.120. The van der Waals surface area contributed by atoms with Gasteiger partial charge in [0, 0.05) is 31.7 Å². The Morgan fingerprint density at radius 1 is 1.33 bits per heavy atom. The Balaban J connectivity index is 2.41. The Labute approximate surface area is 94.6 Å². The van der Waals surface area contributed by atoms with Crippen LogP contribution in [-0.4, -0.2) is 55.6 Å². The van der Waals surface area contributed by atoms with E-state index in [2.05, 4.69) is 44.7 Å². The van der Waals surface area contributed by atoms with Crippen molar-refractivity contribution < 1.29 is 0 Å². The van der Waals surface area contributed by atoms with Crippen molar-refractivity contribution in [1.29, 1.82) is 0 Å². The first-order chi connectivity index (χ1) is 6.91. The molecule has 1 aliphatic heterocycles. The van der Waals surface area contributed by atoms with Gasteiger partial charge in [0.25, 0.3) is 0 Å². The van der Waals surface area contributed by atoms with Crippen LogP contribution in [0.15, 0.2) is 0 Å². The average Bonchev–Trinajstić information content (AvgIpc) is 2.46. The number of nitrogens with two attached hydrogens (primary N) is 1. The molecule has 0 bridgehead atoms. The zero-order valence-electron chi connectivity index (χ0n) is 10.9. The molecule has 0 amide bonds. The maximum atomic E-state index is 6.11. The monoisotopic (exact) mass is 213 g/mol. The van der Waals surface area contributed by atoms with Gasteiger partial charge >= 0.3 is 0 Å². The topological polar surface area (TPSA) is 32.5 Å². The minimum Gasteiger partial charge on any atom is -0.326 e. The molecule has 1 aliphatic rings. The molecule has 0 aromatic carbocycles. The van der Waals surface area contributed by atoms with Crippen molar-refractivity contribution in [1.82, 2.24) is 9.80 Å². The Morgan fingerprint density at radius 3 is 2.33 bits per heavy atom. The van der Waals surface area contributed by atoms with Gasteiger partial charge in [-0.05, 0) is 25.9 Å². The lowest BCUT2D eigenvalue weighted by molar-refractivity contribution is 0.241. The van der Waals surface area contributed by atoms with Crippen molar-refractivity contribution in [2.75, 3.05) is 33.7 Å². The minimum atomic E-state index is 0.318. The molecule has 0 saturated carbocycles. The fourth-order valence-corrected chi connectivity index (χ4v) is 2.38. The van der Waals surface area contributed by atoms with Crippen LogP contribution < -0.4 is 5.73 Å². The normalized spacial score (nSPS) is 30.4. The fourth-order valence-electron chi connectivity index (χ4n) is 2.38. The summed E-state index contributed by atoms with van der Waals surface area (Å²) in [5.74, 6) is 1.35. The number of likely N-dealkylation sites (N-methyl/N-ethyl adjacent to an activating group) is 1. The standard InChI is InChI=1S/C12H27N3/c1-9(2)11(13)7-15-6-10(3)12(8-15)14(4)5/h9-12H,6-8,13H2,1-5H3. The molecule has 3 unspecified atom stereocenters. The van der Waals surface area contributed by atoms with Crippen molar-refractivity contribution in [2.45, 2.75) is 32.9 Å². The number of nitrogens with zero attached hydrogens (tertiary/aromatic N) is 2. The summed E-state index contributed by atoms with van der Waals surface area (Å²) in [6.45, 7) is 10.2. The molecule has 0 radical (unpaired) electrons. The van der Waals surface area contributed by atoms with Gasteiger partial charge in [0.1, 0.15) is 0 Å². The molecule has 3 atom stereocenters. The Bertz CT molecular complexity index is 189. The molecular weight excluding hydrogens is 186 g/mol. The Kier molecular flexibility index (Phi) is 4.56. The van der Waals surface area contributed by atoms with Crippen LogP contribution in [0.4, 0.5) is 0 Å². The summed E-state index contributed by atoms with van der Waals surface area (Å²) in [6, 6.07) is 1.02. The van der Waals surface area contributed by atoms with E-state index in [1.165, 1.54) is 13.1 Å². The van der Waals surface area contributed by atoms with E-state index >= 15 is 0 Å². The van der Waals surface area contributed by atoms with Gasteiger partial charge in [0.05, 0.1) is 0 Å². The summed E-state index contributed by atoms with van der Waals surface area (Å²) >= 11 is 0. The molecule has 1 saturated heterocycles. The molecule has 90 valence electrons. The summed E-state index contributed by atoms with van der Waals surface area (Å²) in [7, 11) is 4.35. The van der Waals surface area contributed by atoms with E-state index in [1.54, 1.807) is 0 Å². The first kappa shape index (κ1) is 12.9. The summed E-state index contributed by atoms with van der Waals surface area (Å²) < 4.78 is 0. The lowest BCUT2D eigenvalue weighted by atomic mass is 10.1. The molecule has 3 nitrogen and oxygen atoms in total. The highest BCUT2D eigenvalue weighted by atomic mass is 15.2. The summed E-state index contributed by atoms with van der Waals surface area (Å²) in [5, 5.41) is 0. The first-order valence-electron chi connectivity index (χ1n) is 6.06. The number of rotatable bonds is 4.